The second-order valence-corrected chi connectivity index (χ2v) is 6.54. The highest BCUT2D eigenvalue weighted by Crippen LogP contribution is 2.40. The molecule has 136 valence electrons. The Hall–Kier alpha value is -2.49. The van der Waals surface area contributed by atoms with E-state index in [1.165, 1.54) is 25.1 Å². The minimum Gasteiger partial charge on any atom is -0.426 e. The average Bonchev–Trinajstić information content (AvgIpc) is 3.21. The van der Waals surface area contributed by atoms with Crippen LogP contribution in [0.5, 0.6) is 0 Å². The summed E-state index contributed by atoms with van der Waals surface area (Å²) in [5, 5.41) is 19.7. The van der Waals surface area contributed by atoms with E-state index in [-0.39, 0.29) is 12.5 Å². The Morgan fingerprint density at radius 1 is 1.52 bits per heavy atom. The number of amides is 3. The van der Waals surface area contributed by atoms with Crippen LogP contribution in [-0.4, -0.2) is 73.6 Å². The fraction of sp³-hybridized carbons (Fsp3) is 0.667. The number of hydrogen-bond donors (Lipinski definition) is 2. The van der Waals surface area contributed by atoms with Crippen molar-refractivity contribution in [3.63, 3.8) is 0 Å². The van der Waals surface area contributed by atoms with Crippen molar-refractivity contribution in [2.24, 2.45) is 0 Å². The first kappa shape index (κ1) is 17.3. The van der Waals surface area contributed by atoms with Crippen LogP contribution < -0.4 is 5.32 Å². The van der Waals surface area contributed by atoms with E-state index < -0.39 is 29.5 Å². The minimum absolute atomic E-state index is 0.177. The zero-order chi connectivity index (χ0) is 18.2. The number of likely N-dealkylation sites (tertiary alicyclic amines) is 2. The third-order valence-corrected chi connectivity index (χ3v) is 4.73. The third-order valence-electron chi connectivity index (χ3n) is 4.73. The van der Waals surface area contributed by atoms with Crippen LogP contribution in [0.15, 0.2) is 10.8 Å². The van der Waals surface area contributed by atoms with Crippen LogP contribution in [0.4, 0.5) is 0 Å². The maximum Gasteiger partial charge on any atom is 0.250 e. The van der Waals surface area contributed by atoms with E-state index in [0.29, 0.717) is 31.8 Å². The van der Waals surface area contributed by atoms with Gasteiger partial charge in [-0.05, 0) is 19.8 Å². The Bertz CT molecular complexity index is 676. The molecule has 1 spiro atoms. The molecule has 3 amide bonds. The Morgan fingerprint density at radius 2 is 2.28 bits per heavy atom. The number of aliphatic hydroxyl groups is 1. The molecule has 0 saturated carbocycles. The molecule has 2 saturated heterocycles. The molecule has 0 aromatic carbocycles. The molecule has 2 aliphatic heterocycles. The van der Waals surface area contributed by atoms with Gasteiger partial charge in [-0.25, -0.2) is 0 Å². The molecule has 2 N–H and O–H groups in total. The molecule has 3 atom stereocenters. The third kappa shape index (κ3) is 2.97. The molecule has 3 rings (SSSR count). The summed E-state index contributed by atoms with van der Waals surface area (Å²) in [6.45, 7) is 3.71. The molecule has 10 nitrogen and oxygen atoms in total. The van der Waals surface area contributed by atoms with Gasteiger partial charge in [0.2, 0.25) is 24.1 Å². The predicted molar refractivity (Wildman–Crippen MR) is 82.7 cm³/mol. The standard InChI is InChI=1S/C15H21N5O5/c1-9(21)12(17-10(2)22)13(23)20-5-3-4-15(20)7-19(14(15)24)6-11-18-16-8-25-11/h8-9,12,21H,3-7H2,1-2H3,(H,17,22). The molecule has 2 fully saturated rings. The van der Waals surface area contributed by atoms with Crippen LogP contribution >= 0.6 is 0 Å². The Balaban J connectivity index is 1.73. The number of β-lactam (4-membered cyclic amide) rings is 1. The monoisotopic (exact) mass is 351 g/mol. The van der Waals surface area contributed by atoms with Crippen LogP contribution in [0.25, 0.3) is 0 Å². The van der Waals surface area contributed by atoms with E-state index in [9.17, 15) is 19.5 Å². The Morgan fingerprint density at radius 3 is 2.84 bits per heavy atom. The van der Waals surface area contributed by atoms with Crippen LogP contribution in [0.2, 0.25) is 0 Å². The summed E-state index contributed by atoms with van der Waals surface area (Å²) in [7, 11) is 0. The van der Waals surface area contributed by atoms with Gasteiger partial charge in [0.25, 0.3) is 5.91 Å². The van der Waals surface area contributed by atoms with Crippen LogP contribution in [0.3, 0.4) is 0 Å². The quantitative estimate of drug-likeness (QED) is 0.628. The number of nitrogens with one attached hydrogen (secondary N) is 1. The van der Waals surface area contributed by atoms with Gasteiger partial charge in [0.1, 0.15) is 11.6 Å². The topological polar surface area (TPSA) is 129 Å². The van der Waals surface area contributed by atoms with Crippen molar-refractivity contribution in [3.05, 3.63) is 12.3 Å². The second kappa shape index (κ2) is 6.43. The van der Waals surface area contributed by atoms with E-state index in [1.54, 1.807) is 4.90 Å². The van der Waals surface area contributed by atoms with E-state index >= 15 is 0 Å². The minimum atomic E-state index is -1.06. The first-order valence-electron chi connectivity index (χ1n) is 8.16. The normalized spacial score (nSPS) is 25.0. The summed E-state index contributed by atoms with van der Waals surface area (Å²) >= 11 is 0. The molecule has 0 bridgehead atoms. The molecule has 1 aromatic rings. The van der Waals surface area contributed by atoms with E-state index in [0.717, 1.165) is 0 Å². The van der Waals surface area contributed by atoms with Crippen molar-refractivity contribution in [2.45, 2.75) is 50.9 Å². The van der Waals surface area contributed by atoms with Crippen molar-refractivity contribution in [2.75, 3.05) is 13.1 Å². The molecule has 0 radical (unpaired) electrons. The van der Waals surface area contributed by atoms with E-state index in [4.69, 9.17) is 4.42 Å². The number of aliphatic hydroxyl groups excluding tert-OH is 1. The molecule has 3 unspecified atom stereocenters. The first-order valence-corrected chi connectivity index (χ1v) is 8.16. The summed E-state index contributed by atoms with van der Waals surface area (Å²) in [5.41, 5.74) is -0.900. The number of hydrogen-bond acceptors (Lipinski definition) is 7. The van der Waals surface area contributed by atoms with E-state index in [1.807, 2.05) is 0 Å². The SMILES string of the molecule is CC(=O)NC(C(=O)N1CCCC12CN(Cc1nnco1)C2=O)C(C)O. The van der Waals surface area contributed by atoms with Gasteiger partial charge in [-0.15, -0.1) is 10.2 Å². The molecule has 10 heteroatoms. The molecule has 0 aliphatic carbocycles. The lowest BCUT2D eigenvalue weighted by atomic mass is 9.85. The Kier molecular flexibility index (Phi) is 4.46. The van der Waals surface area contributed by atoms with Crippen LogP contribution in [-0.2, 0) is 20.9 Å². The molecular formula is C15H21N5O5. The second-order valence-electron chi connectivity index (χ2n) is 6.54. The van der Waals surface area contributed by atoms with E-state index in [2.05, 4.69) is 15.5 Å². The maximum atomic E-state index is 12.8. The first-order chi connectivity index (χ1) is 11.8. The maximum absolute atomic E-state index is 12.8. The number of nitrogens with zero attached hydrogens (tertiary/aromatic N) is 4. The lowest BCUT2D eigenvalue weighted by Crippen LogP contribution is -2.74. The number of rotatable bonds is 5. The number of carbonyl (C=O) groups excluding carboxylic acids is 3. The zero-order valence-electron chi connectivity index (χ0n) is 14.1. The van der Waals surface area contributed by atoms with Gasteiger partial charge in [0.05, 0.1) is 19.2 Å². The number of carbonyl (C=O) groups is 3. The van der Waals surface area contributed by atoms with Crippen molar-refractivity contribution in [1.82, 2.24) is 25.3 Å². The highest BCUT2D eigenvalue weighted by molar-refractivity contribution is 5.99. The average molecular weight is 351 g/mol. The van der Waals surface area contributed by atoms with Crippen LogP contribution in [0.1, 0.15) is 32.6 Å². The predicted octanol–water partition coefficient (Wildman–Crippen LogP) is -1.34. The molecule has 1 aromatic heterocycles. The lowest BCUT2D eigenvalue weighted by molar-refractivity contribution is -0.170. The van der Waals surface area contributed by atoms with Gasteiger partial charge in [-0.3, -0.25) is 14.4 Å². The summed E-state index contributed by atoms with van der Waals surface area (Å²) in [6, 6.07) is -1.06. The smallest absolute Gasteiger partial charge is 0.250 e. The van der Waals surface area contributed by atoms with Crippen molar-refractivity contribution < 1.29 is 23.9 Å². The fourth-order valence-electron chi connectivity index (χ4n) is 3.58. The van der Waals surface area contributed by atoms with Crippen LogP contribution in [0, 0.1) is 0 Å². The highest BCUT2D eigenvalue weighted by atomic mass is 16.4. The summed E-state index contributed by atoms with van der Waals surface area (Å²) < 4.78 is 5.05. The molecule has 25 heavy (non-hydrogen) atoms. The van der Waals surface area contributed by atoms with Gasteiger partial charge in [-0.1, -0.05) is 0 Å². The lowest BCUT2D eigenvalue weighted by Gasteiger charge is -2.51. The molecule has 3 heterocycles. The van der Waals surface area contributed by atoms with Crippen molar-refractivity contribution >= 4 is 17.7 Å². The fourth-order valence-corrected chi connectivity index (χ4v) is 3.58. The number of aromatic nitrogens is 2. The highest BCUT2D eigenvalue weighted by Gasteiger charge is 2.60. The van der Waals surface area contributed by atoms with Gasteiger partial charge in [0.15, 0.2) is 0 Å². The van der Waals surface area contributed by atoms with Gasteiger partial charge >= 0.3 is 0 Å². The van der Waals surface area contributed by atoms with Crippen molar-refractivity contribution in [3.8, 4) is 0 Å². The zero-order valence-corrected chi connectivity index (χ0v) is 14.1. The summed E-state index contributed by atoms with van der Waals surface area (Å²) in [4.78, 5) is 39.9. The molecule has 2 aliphatic rings. The Labute approximate surface area is 144 Å². The van der Waals surface area contributed by atoms with Gasteiger partial charge < -0.3 is 24.6 Å². The summed E-state index contributed by atoms with van der Waals surface area (Å²) in [6.07, 6.45) is 1.39. The van der Waals surface area contributed by atoms with Crippen molar-refractivity contribution in [1.29, 1.82) is 0 Å². The van der Waals surface area contributed by atoms with Gasteiger partial charge in [0, 0.05) is 13.5 Å². The summed E-state index contributed by atoms with van der Waals surface area (Å²) in [5.74, 6) is -0.693. The largest absolute Gasteiger partial charge is 0.426 e. The molecular weight excluding hydrogens is 330 g/mol. The van der Waals surface area contributed by atoms with Gasteiger partial charge in [-0.2, -0.15) is 0 Å².